The van der Waals surface area contributed by atoms with Gasteiger partial charge in [-0.2, -0.15) is 0 Å². The van der Waals surface area contributed by atoms with Crippen LogP contribution in [0.5, 0.6) is 0 Å². The molecular formula is C21H20FN3O. The van der Waals surface area contributed by atoms with Gasteiger partial charge in [0.25, 0.3) is 5.91 Å². The molecule has 0 radical (unpaired) electrons. The molecule has 132 valence electrons. The van der Waals surface area contributed by atoms with Gasteiger partial charge in [0.15, 0.2) is 0 Å². The summed E-state index contributed by atoms with van der Waals surface area (Å²) in [6.07, 6.45) is 1.70. The normalized spacial score (nSPS) is 10.4. The molecule has 1 aromatic heterocycles. The number of amides is 1. The van der Waals surface area contributed by atoms with E-state index in [1.165, 1.54) is 29.8 Å². The van der Waals surface area contributed by atoms with Crippen LogP contribution >= 0.6 is 0 Å². The molecule has 1 N–H and O–H groups in total. The second-order valence-electron chi connectivity index (χ2n) is 5.86. The van der Waals surface area contributed by atoms with Crippen molar-refractivity contribution in [1.82, 2.24) is 4.98 Å². The average molecular weight is 349 g/mol. The van der Waals surface area contributed by atoms with Crippen LogP contribution in [0.2, 0.25) is 0 Å². The number of halogens is 1. The van der Waals surface area contributed by atoms with Crippen LogP contribution in [0.3, 0.4) is 0 Å². The van der Waals surface area contributed by atoms with Crippen molar-refractivity contribution in [1.29, 1.82) is 0 Å². The zero-order chi connectivity index (χ0) is 18.4. The van der Waals surface area contributed by atoms with Crippen LogP contribution in [-0.4, -0.2) is 17.4 Å². The van der Waals surface area contributed by atoms with Crippen molar-refractivity contribution in [3.05, 3.63) is 90.0 Å². The fraction of sp³-hybridized carbons (Fsp3) is 0.143. The summed E-state index contributed by atoms with van der Waals surface area (Å²) in [6, 6.07) is 19.4. The molecule has 4 nitrogen and oxygen atoms in total. The van der Waals surface area contributed by atoms with Gasteiger partial charge in [-0.15, -0.1) is 0 Å². The summed E-state index contributed by atoms with van der Waals surface area (Å²) in [4.78, 5) is 18.7. The molecule has 1 heterocycles. The summed E-state index contributed by atoms with van der Waals surface area (Å²) < 4.78 is 12.9. The molecule has 0 aliphatic rings. The van der Waals surface area contributed by atoms with Crippen molar-refractivity contribution >= 4 is 17.3 Å². The monoisotopic (exact) mass is 349 g/mol. The van der Waals surface area contributed by atoms with Crippen LogP contribution in [0.4, 0.5) is 15.8 Å². The highest BCUT2D eigenvalue weighted by atomic mass is 19.1. The Morgan fingerprint density at radius 3 is 2.38 bits per heavy atom. The zero-order valence-electron chi connectivity index (χ0n) is 14.5. The number of carbonyl (C=O) groups excluding carboxylic acids is 1. The Labute approximate surface area is 152 Å². The molecule has 0 aliphatic carbocycles. The van der Waals surface area contributed by atoms with E-state index in [1.807, 2.05) is 24.3 Å². The zero-order valence-corrected chi connectivity index (χ0v) is 14.5. The molecule has 0 saturated heterocycles. The van der Waals surface area contributed by atoms with E-state index in [0.29, 0.717) is 11.4 Å². The molecule has 5 heteroatoms. The Hall–Kier alpha value is -3.21. The number of anilines is 2. The minimum Gasteiger partial charge on any atom is -0.366 e. The van der Waals surface area contributed by atoms with E-state index in [2.05, 4.69) is 34.3 Å². The highest BCUT2D eigenvalue weighted by Gasteiger charge is 2.10. The van der Waals surface area contributed by atoms with Crippen molar-refractivity contribution in [2.75, 3.05) is 16.8 Å². The SMILES string of the molecule is CCN(Cc1ccccc1)c1ccc(C(=O)Nc2ccc(F)cc2)nc1. The molecule has 0 unspecified atom stereocenters. The molecular weight excluding hydrogens is 329 g/mol. The van der Waals surface area contributed by atoms with E-state index in [-0.39, 0.29) is 11.7 Å². The minimum atomic E-state index is -0.344. The van der Waals surface area contributed by atoms with Crippen molar-refractivity contribution < 1.29 is 9.18 Å². The first-order valence-corrected chi connectivity index (χ1v) is 8.47. The second kappa shape index (κ2) is 8.25. The minimum absolute atomic E-state index is 0.314. The van der Waals surface area contributed by atoms with Gasteiger partial charge in [0.2, 0.25) is 0 Å². The van der Waals surface area contributed by atoms with Crippen molar-refractivity contribution in [2.45, 2.75) is 13.5 Å². The third kappa shape index (κ3) is 4.45. The summed E-state index contributed by atoms with van der Waals surface area (Å²) in [6.45, 7) is 3.69. The van der Waals surface area contributed by atoms with Crippen LogP contribution in [0.25, 0.3) is 0 Å². The van der Waals surface area contributed by atoms with Crippen molar-refractivity contribution in [3.8, 4) is 0 Å². The molecule has 26 heavy (non-hydrogen) atoms. The lowest BCUT2D eigenvalue weighted by atomic mass is 10.2. The molecule has 1 amide bonds. The standard InChI is InChI=1S/C21H20FN3O/c1-2-25(15-16-6-4-3-5-7-16)19-12-13-20(23-14-19)21(26)24-18-10-8-17(22)9-11-18/h3-14H,2,15H2,1H3,(H,24,26). The van der Waals surface area contributed by atoms with Crippen LogP contribution in [0, 0.1) is 5.82 Å². The Morgan fingerprint density at radius 1 is 1.04 bits per heavy atom. The molecule has 0 fully saturated rings. The number of hydrogen-bond acceptors (Lipinski definition) is 3. The maximum atomic E-state index is 12.9. The van der Waals surface area contributed by atoms with E-state index in [4.69, 9.17) is 0 Å². The Kier molecular flexibility index (Phi) is 5.59. The number of carbonyl (C=O) groups is 1. The van der Waals surface area contributed by atoms with Gasteiger partial charge in [-0.3, -0.25) is 4.79 Å². The van der Waals surface area contributed by atoms with Gasteiger partial charge < -0.3 is 10.2 Å². The highest BCUT2D eigenvalue weighted by Crippen LogP contribution is 2.17. The Balaban J connectivity index is 1.68. The molecule has 0 bridgehead atoms. The smallest absolute Gasteiger partial charge is 0.274 e. The van der Waals surface area contributed by atoms with Crippen LogP contribution in [0.1, 0.15) is 23.0 Å². The number of aromatic nitrogens is 1. The first kappa shape index (κ1) is 17.6. The molecule has 0 atom stereocenters. The summed E-state index contributed by atoms with van der Waals surface area (Å²) in [5, 5.41) is 2.71. The van der Waals surface area contributed by atoms with Gasteiger partial charge >= 0.3 is 0 Å². The van der Waals surface area contributed by atoms with Gasteiger partial charge in [-0.05, 0) is 48.9 Å². The lowest BCUT2D eigenvalue weighted by molar-refractivity contribution is 0.102. The molecule has 0 spiro atoms. The number of pyridine rings is 1. The molecule has 0 saturated carbocycles. The number of nitrogens with zero attached hydrogens (tertiary/aromatic N) is 2. The van der Waals surface area contributed by atoms with Gasteiger partial charge in [0.05, 0.1) is 11.9 Å². The van der Waals surface area contributed by atoms with Crippen molar-refractivity contribution in [3.63, 3.8) is 0 Å². The molecule has 0 aliphatic heterocycles. The van der Waals surface area contributed by atoms with Crippen LogP contribution in [0.15, 0.2) is 72.9 Å². The van der Waals surface area contributed by atoms with Crippen LogP contribution in [-0.2, 0) is 6.54 Å². The van der Waals surface area contributed by atoms with Crippen molar-refractivity contribution in [2.24, 2.45) is 0 Å². The van der Waals surface area contributed by atoms with Crippen LogP contribution < -0.4 is 10.2 Å². The summed E-state index contributed by atoms with van der Waals surface area (Å²) in [5.74, 6) is -0.669. The van der Waals surface area contributed by atoms with E-state index in [1.54, 1.807) is 12.3 Å². The number of nitrogens with one attached hydrogen (secondary N) is 1. The fourth-order valence-corrected chi connectivity index (χ4v) is 2.63. The maximum Gasteiger partial charge on any atom is 0.274 e. The molecule has 3 aromatic rings. The first-order valence-electron chi connectivity index (χ1n) is 8.47. The summed E-state index contributed by atoms with van der Waals surface area (Å²) in [5.41, 5.74) is 3.01. The van der Waals surface area contributed by atoms with Gasteiger partial charge in [0, 0.05) is 18.8 Å². The average Bonchev–Trinajstić information content (AvgIpc) is 2.69. The summed E-state index contributed by atoms with van der Waals surface area (Å²) in [7, 11) is 0. The number of rotatable bonds is 6. The third-order valence-corrected chi connectivity index (χ3v) is 4.05. The first-order chi connectivity index (χ1) is 12.7. The number of hydrogen-bond donors (Lipinski definition) is 1. The number of benzene rings is 2. The third-order valence-electron chi connectivity index (χ3n) is 4.05. The molecule has 2 aromatic carbocycles. The second-order valence-corrected chi connectivity index (χ2v) is 5.86. The molecule has 3 rings (SSSR count). The highest BCUT2D eigenvalue weighted by molar-refractivity contribution is 6.02. The van der Waals surface area contributed by atoms with E-state index < -0.39 is 0 Å². The maximum absolute atomic E-state index is 12.9. The van der Waals surface area contributed by atoms with Gasteiger partial charge in [-0.25, -0.2) is 9.37 Å². The van der Waals surface area contributed by atoms with Gasteiger partial charge in [0.1, 0.15) is 11.5 Å². The van der Waals surface area contributed by atoms with Gasteiger partial charge in [-0.1, -0.05) is 30.3 Å². The predicted octanol–water partition coefficient (Wildman–Crippen LogP) is 4.50. The predicted molar refractivity (Wildman–Crippen MR) is 102 cm³/mol. The Bertz CT molecular complexity index is 849. The largest absolute Gasteiger partial charge is 0.366 e. The van der Waals surface area contributed by atoms with E-state index in [0.717, 1.165) is 18.8 Å². The lowest BCUT2D eigenvalue weighted by Crippen LogP contribution is -2.22. The quantitative estimate of drug-likeness (QED) is 0.713. The van der Waals surface area contributed by atoms with E-state index in [9.17, 15) is 9.18 Å². The lowest BCUT2D eigenvalue weighted by Gasteiger charge is -2.23. The Morgan fingerprint density at radius 2 is 1.77 bits per heavy atom. The fourth-order valence-electron chi connectivity index (χ4n) is 2.63. The van der Waals surface area contributed by atoms with E-state index >= 15 is 0 Å². The summed E-state index contributed by atoms with van der Waals surface area (Å²) >= 11 is 0. The topological polar surface area (TPSA) is 45.2 Å².